The summed E-state index contributed by atoms with van der Waals surface area (Å²) < 4.78 is 32.0. The fraction of sp³-hybridized carbons (Fsp3) is 0.714. The quantitative estimate of drug-likeness (QED) is 0.424. The maximum atomic E-state index is 11.6. The molecular weight excluding hydrogens is 402 g/mol. The Kier molecular flexibility index (Phi) is 8.35. The van der Waals surface area contributed by atoms with Gasteiger partial charge in [0.15, 0.2) is 5.69 Å². The van der Waals surface area contributed by atoms with Gasteiger partial charge in [0.2, 0.25) is 10.0 Å². The van der Waals surface area contributed by atoms with E-state index in [2.05, 4.69) is 21.1 Å². The van der Waals surface area contributed by atoms with E-state index in [4.69, 9.17) is 10.1 Å². The van der Waals surface area contributed by atoms with Gasteiger partial charge in [0.1, 0.15) is 0 Å². The van der Waals surface area contributed by atoms with Crippen LogP contribution in [0.3, 0.4) is 0 Å². The van der Waals surface area contributed by atoms with Crippen molar-refractivity contribution in [2.24, 2.45) is 11.8 Å². The third-order valence-corrected chi connectivity index (χ3v) is 7.11. The number of nitrogens with one attached hydrogen (secondary N) is 3. The molecule has 168 valence electrons. The maximum Gasteiger partial charge on any atom is 0.208 e. The number of hydrogen-bond donors (Lipinski definition) is 4. The highest BCUT2D eigenvalue weighted by molar-refractivity contribution is 7.88. The average molecular weight is 439 g/mol. The van der Waals surface area contributed by atoms with E-state index >= 15 is 0 Å². The molecule has 2 aliphatic rings. The monoisotopic (exact) mass is 438 g/mol. The van der Waals surface area contributed by atoms with Crippen LogP contribution in [0, 0.1) is 17.2 Å². The van der Waals surface area contributed by atoms with Crippen molar-refractivity contribution in [3.63, 3.8) is 0 Å². The summed E-state index contributed by atoms with van der Waals surface area (Å²) in [6.07, 6.45) is 9.72. The zero-order valence-corrected chi connectivity index (χ0v) is 18.9. The number of piperidine rings is 1. The topological polar surface area (TPSA) is 121 Å². The Balaban J connectivity index is 1.44. The molecule has 2 atom stereocenters. The van der Waals surface area contributed by atoms with Gasteiger partial charge in [-0.25, -0.2) is 13.1 Å². The van der Waals surface area contributed by atoms with Crippen LogP contribution in [0.5, 0.6) is 0 Å². The highest BCUT2D eigenvalue weighted by Crippen LogP contribution is 2.35. The predicted octanol–water partition coefficient (Wildman–Crippen LogP) is 0.722. The van der Waals surface area contributed by atoms with Crippen LogP contribution in [0.15, 0.2) is 12.3 Å². The van der Waals surface area contributed by atoms with Crippen molar-refractivity contribution < 1.29 is 18.5 Å². The summed E-state index contributed by atoms with van der Waals surface area (Å²) in [6, 6.07) is 2.02. The fourth-order valence-electron chi connectivity index (χ4n) is 4.63. The summed E-state index contributed by atoms with van der Waals surface area (Å²) >= 11 is 0. The largest absolute Gasteiger partial charge is 0.381 e. The molecule has 2 fully saturated rings. The molecule has 0 unspecified atom stereocenters. The van der Waals surface area contributed by atoms with Crippen LogP contribution in [-0.2, 0) is 14.8 Å². The van der Waals surface area contributed by atoms with Gasteiger partial charge in [-0.2, -0.15) is 0 Å². The van der Waals surface area contributed by atoms with Gasteiger partial charge in [-0.15, -0.1) is 0 Å². The Morgan fingerprint density at radius 2 is 2.07 bits per heavy atom. The molecule has 3 rings (SSSR count). The molecule has 0 spiro atoms. The van der Waals surface area contributed by atoms with Gasteiger partial charge in [0.25, 0.3) is 0 Å². The van der Waals surface area contributed by atoms with Crippen LogP contribution in [0.25, 0.3) is 0 Å². The first-order chi connectivity index (χ1) is 14.4. The van der Waals surface area contributed by atoms with Crippen LogP contribution in [0.2, 0.25) is 0 Å². The molecule has 2 heterocycles. The van der Waals surface area contributed by atoms with Gasteiger partial charge in [-0.1, -0.05) is 0 Å². The van der Waals surface area contributed by atoms with Gasteiger partial charge in [-0.3, -0.25) is 4.98 Å². The van der Waals surface area contributed by atoms with Crippen molar-refractivity contribution in [3.05, 3.63) is 23.5 Å². The van der Waals surface area contributed by atoms with E-state index in [0.717, 1.165) is 68.7 Å². The number of nitrogens with two attached hydrogens (primary N) is 1. The molecule has 30 heavy (non-hydrogen) atoms. The second-order valence-corrected chi connectivity index (χ2v) is 10.5. The minimum Gasteiger partial charge on any atom is -0.381 e. The molecule has 0 bridgehead atoms. The Labute approximate surface area is 180 Å². The normalized spacial score (nSPS) is 27.7. The van der Waals surface area contributed by atoms with Crippen LogP contribution in [0.4, 0.5) is 5.69 Å². The van der Waals surface area contributed by atoms with Crippen molar-refractivity contribution in [3.8, 4) is 0 Å². The van der Waals surface area contributed by atoms with Gasteiger partial charge in [-0.05, 0) is 50.6 Å². The number of pyridine rings is 1. The molecule has 8 nitrogen and oxygen atoms in total. The smallest absolute Gasteiger partial charge is 0.208 e. The number of nitrogens with zero attached hydrogens (tertiary/aromatic N) is 1. The van der Waals surface area contributed by atoms with Crippen LogP contribution >= 0.6 is 0 Å². The van der Waals surface area contributed by atoms with Crippen molar-refractivity contribution in [1.82, 2.24) is 15.0 Å². The van der Waals surface area contributed by atoms with Crippen molar-refractivity contribution in [1.29, 1.82) is 5.41 Å². The molecule has 9 heteroatoms. The highest BCUT2D eigenvalue weighted by Gasteiger charge is 2.28. The second kappa shape index (κ2) is 10.8. The molecule has 1 aromatic heterocycles. The zero-order chi connectivity index (χ0) is 21.6. The molecule has 5 N–H and O–H groups in total. The molecule has 1 saturated heterocycles. The lowest BCUT2D eigenvalue weighted by atomic mass is 9.80. The van der Waals surface area contributed by atoms with Crippen LogP contribution in [0.1, 0.15) is 49.3 Å². The molecular formula is C21H36N5O3S+. The Hall–Kier alpha value is -1.39. The minimum atomic E-state index is -3.20. The first-order valence-corrected chi connectivity index (χ1v) is 12.8. The lowest BCUT2D eigenvalue weighted by Crippen LogP contribution is -2.73. The predicted molar refractivity (Wildman–Crippen MR) is 118 cm³/mol. The van der Waals surface area contributed by atoms with Crippen molar-refractivity contribution >= 4 is 21.9 Å². The van der Waals surface area contributed by atoms with Gasteiger partial charge < -0.3 is 20.8 Å². The average Bonchev–Trinajstić information content (AvgIpc) is 2.74. The van der Waals surface area contributed by atoms with E-state index in [-0.39, 0.29) is 12.0 Å². The number of rotatable bonds is 9. The molecule has 1 aliphatic carbocycles. The SMILES string of the molecule is C[NH2+]c1cnc(C2CCC(COC[C@@H]3CNCC[C@@H]3NS(C)(=O)=O)CC2)cc1C=N. The summed E-state index contributed by atoms with van der Waals surface area (Å²) in [5.74, 6) is 1.17. The van der Waals surface area contributed by atoms with Gasteiger partial charge in [0, 0.05) is 42.9 Å². The summed E-state index contributed by atoms with van der Waals surface area (Å²) in [5, 5.41) is 13.0. The van der Waals surface area contributed by atoms with Gasteiger partial charge >= 0.3 is 0 Å². The molecule has 0 radical (unpaired) electrons. The molecule has 0 amide bonds. The van der Waals surface area contributed by atoms with E-state index in [0.29, 0.717) is 18.4 Å². The van der Waals surface area contributed by atoms with Crippen LogP contribution in [-0.4, -0.2) is 65.3 Å². The summed E-state index contributed by atoms with van der Waals surface area (Å²) in [7, 11) is -1.23. The van der Waals surface area contributed by atoms with Crippen molar-refractivity contribution in [2.45, 2.75) is 44.1 Å². The van der Waals surface area contributed by atoms with E-state index in [1.807, 2.05) is 18.6 Å². The van der Waals surface area contributed by atoms with Gasteiger partial charge in [0.05, 0.1) is 31.7 Å². The molecule has 1 aromatic rings. The number of hydrogen-bond acceptors (Lipinski definition) is 6. The lowest BCUT2D eigenvalue weighted by Gasteiger charge is -2.33. The second-order valence-electron chi connectivity index (χ2n) is 8.68. The fourth-order valence-corrected chi connectivity index (χ4v) is 5.49. The number of aromatic nitrogens is 1. The third kappa shape index (κ3) is 6.55. The van der Waals surface area contributed by atoms with E-state index in [1.165, 1.54) is 12.5 Å². The Morgan fingerprint density at radius 3 is 2.73 bits per heavy atom. The zero-order valence-electron chi connectivity index (χ0n) is 18.1. The number of quaternary nitrogens is 1. The first kappa shape index (κ1) is 23.3. The summed E-state index contributed by atoms with van der Waals surface area (Å²) in [4.78, 5) is 4.64. The van der Waals surface area contributed by atoms with E-state index in [9.17, 15) is 8.42 Å². The highest BCUT2D eigenvalue weighted by atomic mass is 32.2. The Bertz CT molecular complexity index is 809. The number of ether oxygens (including phenoxy) is 1. The summed E-state index contributed by atoms with van der Waals surface area (Å²) in [5.41, 5.74) is 3.05. The number of sulfonamides is 1. The summed E-state index contributed by atoms with van der Waals surface area (Å²) in [6.45, 7) is 2.93. The van der Waals surface area contributed by atoms with Crippen LogP contribution < -0.4 is 15.4 Å². The first-order valence-electron chi connectivity index (χ1n) is 10.9. The lowest BCUT2D eigenvalue weighted by molar-refractivity contribution is -0.539. The standard InChI is InChI=1S/C21H35N5O3S/c1-23-21-12-25-20(9-17(21)10-22)16-5-3-15(4-6-16)13-29-14-18-11-24-8-7-19(18)26-30(2,27)28/h9-10,12,15-16,18-19,22-24,26H,3-8,11,13-14H2,1-2H3/p+1/t15?,16?,18-,19-/m0/s1. The minimum absolute atomic E-state index is 0.0468. The molecule has 1 saturated carbocycles. The van der Waals surface area contributed by atoms with E-state index in [1.54, 1.807) is 0 Å². The maximum absolute atomic E-state index is 11.6. The van der Waals surface area contributed by atoms with Crippen molar-refractivity contribution in [2.75, 3.05) is 39.6 Å². The third-order valence-electron chi connectivity index (χ3n) is 6.38. The molecule has 1 aliphatic heterocycles. The Morgan fingerprint density at radius 1 is 1.30 bits per heavy atom. The molecule has 0 aromatic carbocycles. The van der Waals surface area contributed by atoms with E-state index < -0.39 is 10.0 Å².